The second-order valence-electron chi connectivity index (χ2n) is 6.78. The topological polar surface area (TPSA) is 71.4 Å². The van der Waals surface area contributed by atoms with E-state index in [1.54, 1.807) is 17.9 Å². The Balaban J connectivity index is 1.57. The summed E-state index contributed by atoms with van der Waals surface area (Å²) in [5.41, 5.74) is 3.74. The Labute approximate surface area is 163 Å². The lowest BCUT2D eigenvalue weighted by Crippen LogP contribution is -2.37. The number of anilines is 2. The van der Waals surface area contributed by atoms with Crippen LogP contribution < -0.4 is 25.9 Å². The smallest absolute Gasteiger partial charge is 0.274 e. The average Bonchev–Trinajstić information content (AvgIpc) is 3.03. The van der Waals surface area contributed by atoms with Crippen LogP contribution in [-0.4, -0.2) is 23.8 Å². The van der Waals surface area contributed by atoms with Crippen LogP contribution >= 0.6 is 0 Å². The van der Waals surface area contributed by atoms with E-state index in [0.29, 0.717) is 18.2 Å². The molecule has 1 aliphatic rings. The van der Waals surface area contributed by atoms with Gasteiger partial charge in [-0.25, -0.2) is 4.98 Å². The number of benzene rings is 2. The van der Waals surface area contributed by atoms with Crippen molar-refractivity contribution in [1.82, 2.24) is 9.66 Å². The highest BCUT2D eigenvalue weighted by Gasteiger charge is 2.30. The molecule has 1 aliphatic heterocycles. The molecule has 0 spiro atoms. The van der Waals surface area contributed by atoms with Gasteiger partial charge in [0.25, 0.3) is 5.56 Å². The lowest BCUT2D eigenvalue weighted by Gasteiger charge is -2.23. The monoisotopic (exact) mass is 377 g/mol. The molecule has 0 amide bonds. The fourth-order valence-electron chi connectivity index (χ4n) is 3.44. The Morgan fingerprint density at radius 1 is 1.18 bits per heavy atom. The fraction of sp³-hybridized carbons (Fsp3) is 0.238. The van der Waals surface area contributed by atoms with Gasteiger partial charge in [0.15, 0.2) is 0 Å². The molecule has 28 heavy (non-hydrogen) atoms. The zero-order chi connectivity index (χ0) is 19.7. The lowest BCUT2D eigenvalue weighted by atomic mass is 10.1. The molecule has 0 saturated carbocycles. The maximum absolute atomic E-state index is 12.7. The van der Waals surface area contributed by atoms with E-state index in [9.17, 15) is 4.79 Å². The molecule has 0 aliphatic carbocycles. The third-order valence-corrected chi connectivity index (χ3v) is 4.93. The van der Waals surface area contributed by atoms with E-state index in [1.165, 1.54) is 0 Å². The SMILES string of the molecule is COc1cccc(NCc2cc(=O)n3c(n2)NC(c2ccccc2C)N3C)c1. The minimum Gasteiger partial charge on any atom is -0.497 e. The Hall–Kier alpha value is -3.48. The van der Waals surface area contributed by atoms with E-state index in [-0.39, 0.29) is 11.7 Å². The summed E-state index contributed by atoms with van der Waals surface area (Å²) in [6.45, 7) is 2.50. The highest BCUT2D eigenvalue weighted by molar-refractivity contribution is 5.49. The number of fused-ring (bicyclic) bond motifs is 1. The van der Waals surface area contributed by atoms with E-state index in [2.05, 4.69) is 34.7 Å². The molecule has 0 bridgehead atoms. The number of methoxy groups -OCH3 is 1. The fourth-order valence-corrected chi connectivity index (χ4v) is 3.44. The van der Waals surface area contributed by atoms with Crippen LogP contribution in [0.2, 0.25) is 0 Å². The molecule has 1 unspecified atom stereocenters. The molecule has 0 radical (unpaired) electrons. The van der Waals surface area contributed by atoms with Crippen molar-refractivity contribution in [2.24, 2.45) is 0 Å². The van der Waals surface area contributed by atoms with Crippen LogP contribution in [0.15, 0.2) is 59.4 Å². The summed E-state index contributed by atoms with van der Waals surface area (Å²) in [7, 11) is 3.52. The van der Waals surface area contributed by atoms with Gasteiger partial charge in [0.05, 0.1) is 19.3 Å². The van der Waals surface area contributed by atoms with Gasteiger partial charge in [0, 0.05) is 24.9 Å². The molecule has 2 heterocycles. The first kappa shape index (κ1) is 17.9. The third-order valence-electron chi connectivity index (χ3n) is 4.93. The first-order chi connectivity index (χ1) is 13.6. The first-order valence-corrected chi connectivity index (χ1v) is 9.13. The van der Waals surface area contributed by atoms with Crippen LogP contribution in [0, 0.1) is 6.92 Å². The summed E-state index contributed by atoms with van der Waals surface area (Å²) >= 11 is 0. The molecule has 1 atom stereocenters. The summed E-state index contributed by atoms with van der Waals surface area (Å²) in [6, 6.07) is 17.3. The maximum Gasteiger partial charge on any atom is 0.274 e. The van der Waals surface area contributed by atoms with E-state index < -0.39 is 0 Å². The van der Waals surface area contributed by atoms with Gasteiger partial charge in [-0.15, -0.1) is 0 Å². The van der Waals surface area contributed by atoms with Crippen LogP contribution in [0.1, 0.15) is 23.0 Å². The van der Waals surface area contributed by atoms with E-state index >= 15 is 0 Å². The van der Waals surface area contributed by atoms with Gasteiger partial charge in [-0.2, -0.15) is 4.68 Å². The Morgan fingerprint density at radius 2 is 2.00 bits per heavy atom. The quantitative estimate of drug-likeness (QED) is 0.712. The Morgan fingerprint density at radius 3 is 2.79 bits per heavy atom. The lowest BCUT2D eigenvalue weighted by molar-refractivity contribution is 0.415. The van der Waals surface area contributed by atoms with Crippen LogP contribution in [-0.2, 0) is 6.54 Å². The van der Waals surface area contributed by atoms with Gasteiger partial charge < -0.3 is 15.4 Å². The molecule has 7 heteroatoms. The molecule has 7 nitrogen and oxygen atoms in total. The molecule has 144 valence electrons. The molecular weight excluding hydrogens is 354 g/mol. The number of ether oxygens (including phenoxy) is 1. The van der Waals surface area contributed by atoms with E-state index in [1.807, 2.05) is 48.5 Å². The van der Waals surface area contributed by atoms with Gasteiger partial charge in [0.2, 0.25) is 5.95 Å². The average molecular weight is 377 g/mol. The second kappa shape index (κ2) is 7.26. The summed E-state index contributed by atoms with van der Waals surface area (Å²) in [4.78, 5) is 17.4. The maximum atomic E-state index is 12.7. The molecular formula is C21H23N5O2. The number of aromatic nitrogens is 2. The number of nitrogens with zero attached hydrogens (tertiary/aromatic N) is 3. The molecule has 2 N–H and O–H groups in total. The Bertz CT molecular complexity index is 1060. The second-order valence-corrected chi connectivity index (χ2v) is 6.78. The number of nitrogens with one attached hydrogen (secondary N) is 2. The van der Waals surface area contributed by atoms with Crippen molar-refractivity contribution in [3.8, 4) is 5.75 Å². The van der Waals surface area contributed by atoms with Crippen molar-refractivity contribution in [2.45, 2.75) is 19.6 Å². The van der Waals surface area contributed by atoms with E-state index in [4.69, 9.17) is 4.74 Å². The van der Waals surface area contributed by atoms with Gasteiger partial charge in [-0.3, -0.25) is 9.80 Å². The summed E-state index contributed by atoms with van der Waals surface area (Å²) in [5, 5.41) is 8.54. The molecule has 0 saturated heterocycles. The third kappa shape index (κ3) is 3.26. The van der Waals surface area contributed by atoms with Crippen LogP contribution in [0.25, 0.3) is 0 Å². The van der Waals surface area contributed by atoms with Gasteiger partial charge in [-0.1, -0.05) is 30.3 Å². The van der Waals surface area contributed by atoms with Crippen molar-refractivity contribution in [2.75, 3.05) is 29.8 Å². The highest BCUT2D eigenvalue weighted by atomic mass is 16.5. The largest absolute Gasteiger partial charge is 0.497 e. The standard InChI is InChI=1S/C21H23N5O2/c1-14-7-4-5-10-18(14)20-24-21-23-16(12-19(27)26(21)25(20)2)13-22-15-8-6-9-17(11-15)28-3/h4-12,20,22H,13H2,1-3H3,(H,23,24). The molecule has 1 aromatic heterocycles. The molecule has 4 rings (SSSR count). The van der Waals surface area contributed by atoms with E-state index in [0.717, 1.165) is 22.6 Å². The molecule has 2 aromatic carbocycles. The normalized spacial score (nSPS) is 15.1. The van der Waals surface area contributed by atoms with Gasteiger partial charge >= 0.3 is 0 Å². The van der Waals surface area contributed by atoms with Gasteiger partial charge in [-0.05, 0) is 30.2 Å². The minimum absolute atomic E-state index is 0.112. The van der Waals surface area contributed by atoms with Crippen LogP contribution in [0.3, 0.4) is 0 Å². The number of rotatable bonds is 5. The summed E-state index contributed by atoms with van der Waals surface area (Å²) in [6.07, 6.45) is -0.136. The molecule has 0 fully saturated rings. The van der Waals surface area contributed by atoms with Crippen molar-refractivity contribution < 1.29 is 4.74 Å². The van der Waals surface area contributed by atoms with Crippen molar-refractivity contribution in [3.63, 3.8) is 0 Å². The summed E-state index contributed by atoms with van der Waals surface area (Å²) < 4.78 is 6.81. The predicted molar refractivity (Wildman–Crippen MR) is 111 cm³/mol. The Kier molecular flexibility index (Phi) is 4.65. The predicted octanol–water partition coefficient (Wildman–Crippen LogP) is 2.86. The zero-order valence-electron chi connectivity index (χ0n) is 16.1. The number of hydrogen-bond donors (Lipinski definition) is 2. The number of aryl methyl sites for hydroxylation is 1. The van der Waals surface area contributed by atoms with Crippen molar-refractivity contribution in [3.05, 3.63) is 81.8 Å². The first-order valence-electron chi connectivity index (χ1n) is 9.13. The minimum atomic E-state index is -0.136. The van der Waals surface area contributed by atoms with Crippen molar-refractivity contribution >= 4 is 11.6 Å². The van der Waals surface area contributed by atoms with Crippen molar-refractivity contribution in [1.29, 1.82) is 0 Å². The van der Waals surface area contributed by atoms with Crippen LogP contribution in [0.4, 0.5) is 11.6 Å². The van der Waals surface area contributed by atoms with Gasteiger partial charge in [0.1, 0.15) is 11.9 Å². The number of hydrogen-bond acceptors (Lipinski definition) is 6. The summed E-state index contributed by atoms with van der Waals surface area (Å²) in [5.74, 6) is 1.32. The van der Waals surface area contributed by atoms with Crippen LogP contribution in [0.5, 0.6) is 5.75 Å². The zero-order valence-corrected chi connectivity index (χ0v) is 16.1. The highest BCUT2D eigenvalue weighted by Crippen LogP contribution is 2.28. The molecule has 3 aromatic rings.